The molecule has 0 unspecified atom stereocenters. The number of amides is 3. The van der Waals surface area contributed by atoms with Crippen molar-refractivity contribution >= 4 is 17.7 Å². The van der Waals surface area contributed by atoms with Gasteiger partial charge in [-0.3, -0.25) is 14.4 Å². The Hall–Kier alpha value is -2.37. The average molecular weight is 343 g/mol. The van der Waals surface area contributed by atoms with Gasteiger partial charge in [0.25, 0.3) is 5.91 Å². The van der Waals surface area contributed by atoms with E-state index in [4.69, 9.17) is 0 Å². The van der Waals surface area contributed by atoms with Gasteiger partial charge in [-0.15, -0.1) is 0 Å². The maximum Gasteiger partial charge on any atom is 0.251 e. The molecule has 0 spiro atoms. The molecule has 1 saturated carbocycles. The van der Waals surface area contributed by atoms with E-state index in [1.807, 2.05) is 13.1 Å². The lowest BCUT2D eigenvalue weighted by molar-refractivity contribution is -0.135. The number of piperidine rings is 1. The lowest BCUT2D eigenvalue weighted by atomic mass is 9.88. The zero-order chi connectivity index (χ0) is 18.0. The summed E-state index contributed by atoms with van der Waals surface area (Å²) in [7, 11) is 3.64. The summed E-state index contributed by atoms with van der Waals surface area (Å²) in [4.78, 5) is 39.9. The minimum Gasteiger partial charge on any atom is -0.345 e. The first-order valence-corrected chi connectivity index (χ1v) is 8.78. The topological polar surface area (TPSA) is 69.7 Å². The number of carbonyl (C=O) groups excluding carboxylic acids is 3. The Labute approximate surface area is 148 Å². The molecular weight excluding hydrogens is 318 g/mol. The van der Waals surface area contributed by atoms with Gasteiger partial charge >= 0.3 is 0 Å². The first kappa shape index (κ1) is 17.5. The average Bonchev–Trinajstić information content (AvgIpc) is 3.02. The molecule has 25 heavy (non-hydrogen) atoms. The predicted molar refractivity (Wildman–Crippen MR) is 93.8 cm³/mol. The summed E-state index contributed by atoms with van der Waals surface area (Å²) in [5.41, 5.74) is 0.548. The fourth-order valence-electron chi connectivity index (χ4n) is 3.98. The highest BCUT2D eigenvalue weighted by Crippen LogP contribution is 2.39. The highest BCUT2D eigenvalue weighted by molar-refractivity contribution is 5.96. The zero-order valence-corrected chi connectivity index (χ0v) is 14.8. The summed E-state index contributed by atoms with van der Waals surface area (Å²) < 4.78 is 0. The van der Waals surface area contributed by atoms with E-state index in [0.29, 0.717) is 23.8 Å². The van der Waals surface area contributed by atoms with Crippen LogP contribution < -0.4 is 5.32 Å². The van der Waals surface area contributed by atoms with Crippen molar-refractivity contribution in [2.24, 2.45) is 11.8 Å². The van der Waals surface area contributed by atoms with Crippen LogP contribution in [-0.2, 0) is 9.59 Å². The third-order valence-corrected chi connectivity index (χ3v) is 5.56. The fourth-order valence-corrected chi connectivity index (χ4v) is 3.98. The molecule has 6 nitrogen and oxygen atoms in total. The van der Waals surface area contributed by atoms with Crippen molar-refractivity contribution < 1.29 is 14.4 Å². The van der Waals surface area contributed by atoms with Crippen molar-refractivity contribution in [2.45, 2.75) is 25.3 Å². The summed E-state index contributed by atoms with van der Waals surface area (Å²) in [6.07, 6.45) is 2.39. The molecule has 2 fully saturated rings. The van der Waals surface area contributed by atoms with Crippen LogP contribution in [0.15, 0.2) is 30.3 Å². The minimum absolute atomic E-state index is 0.00507. The molecule has 0 aromatic heterocycles. The van der Waals surface area contributed by atoms with Crippen molar-refractivity contribution in [3.8, 4) is 0 Å². The first-order chi connectivity index (χ1) is 12.0. The predicted octanol–water partition coefficient (Wildman–Crippen LogP) is 1.13. The fraction of sp³-hybridized carbons (Fsp3) is 0.526. The number of nitrogens with zero attached hydrogens (tertiary/aromatic N) is 2. The summed E-state index contributed by atoms with van der Waals surface area (Å²) in [5, 5.41) is 2.69. The lowest BCUT2D eigenvalue weighted by Gasteiger charge is -2.31. The smallest absolute Gasteiger partial charge is 0.251 e. The second kappa shape index (κ2) is 7.25. The van der Waals surface area contributed by atoms with Gasteiger partial charge in [0.15, 0.2) is 0 Å². The Bertz CT molecular complexity index is 661. The normalized spacial score (nSPS) is 25.4. The van der Waals surface area contributed by atoms with Gasteiger partial charge in [-0.2, -0.15) is 0 Å². The Morgan fingerprint density at radius 3 is 2.60 bits per heavy atom. The standard InChI is InChI=1S/C19H25N3O3/c1-21-12-15-9-16(8-14(15)10-17(21)23)22(2)18(24)11-20-19(25)13-6-4-3-5-7-13/h3-7,14-16H,8-12H2,1-2H3,(H,20,25)/t14-,15+,16-/m1/s1. The number of hydrogen-bond donors (Lipinski definition) is 1. The van der Waals surface area contributed by atoms with Crippen molar-refractivity contribution in [2.75, 3.05) is 27.2 Å². The summed E-state index contributed by atoms with van der Waals surface area (Å²) in [5.74, 6) is 0.720. The second-order valence-corrected chi connectivity index (χ2v) is 7.18. The van der Waals surface area contributed by atoms with E-state index in [1.165, 1.54) is 0 Å². The molecule has 1 aromatic rings. The molecule has 0 radical (unpaired) electrons. The third-order valence-electron chi connectivity index (χ3n) is 5.56. The number of rotatable bonds is 4. The molecule has 1 N–H and O–H groups in total. The van der Waals surface area contributed by atoms with Gasteiger partial charge in [0.1, 0.15) is 0 Å². The number of nitrogens with one attached hydrogen (secondary N) is 1. The SMILES string of the molecule is CN1C[C@@H]2C[C@H](N(C)C(=O)CNC(=O)c3ccccc3)C[C@@H]2CC1=O. The van der Waals surface area contributed by atoms with Crippen molar-refractivity contribution in [1.82, 2.24) is 15.1 Å². The van der Waals surface area contributed by atoms with Gasteiger partial charge in [0.05, 0.1) is 6.54 Å². The number of carbonyl (C=O) groups is 3. The molecule has 3 atom stereocenters. The van der Waals surface area contributed by atoms with Crippen LogP contribution in [-0.4, -0.2) is 60.7 Å². The second-order valence-electron chi connectivity index (χ2n) is 7.18. The number of fused-ring (bicyclic) bond motifs is 1. The lowest BCUT2D eigenvalue weighted by Crippen LogP contribution is -2.42. The quantitative estimate of drug-likeness (QED) is 0.891. The van der Waals surface area contributed by atoms with E-state index in [-0.39, 0.29) is 30.3 Å². The molecular formula is C19H25N3O3. The Balaban J connectivity index is 1.51. The van der Waals surface area contributed by atoms with Gasteiger partial charge in [-0.05, 0) is 36.8 Å². The van der Waals surface area contributed by atoms with E-state index < -0.39 is 0 Å². The molecule has 1 saturated heterocycles. The molecule has 1 aliphatic heterocycles. The molecule has 3 rings (SSSR count). The molecule has 0 bridgehead atoms. The van der Waals surface area contributed by atoms with Crippen molar-refractivity contribution in [3.05, 3.63) is 35.9 Å². The summed E-state index contributed by atoms with van der Waals surface area (Å²) in [6.45, 7) is 0.779. The number of likely N-dealkylation sites (tertiary alicyclic amines) is 1. The number of hydrogen-bond acceptors (Lipinski definition) is 3. The summed E-state index contributed by atoms with van der Waals surface area (Å²) >= 11 is 0. The van der Waals surface area contributed by atoms with Gasteiger partial charge in [0.2, 0.25) is 11.8 Å². The van der Waals surface area contributed by atoms with Crippen LogP contribution in [0.25, 0.3) is 0 Å². The van der Waals surface area contributed by atoms with E-state index in [0.717, 1.165) is 19.4 Å². The molecule has 1 aliphatic carbocycles. The minimum atomic E-state index is -0.241. The van der Waals surface area contributed by atoms with Crippen LogP contribution in [0.4, 0.5) is 0 Å². The van der Waals surface area contributed by atoms with Crippen LogP contribution in [0.5, 0.6) is 0 Å². The largest absolute Gasteiger partial charge is 0.345 e. The van der Waals surface area contributed by atoms with Gasteiger partial charge in [-0.1, -0.05) is 18.2 Å². The monoisotopic (exact) mass is 343 g/mol. The Morgan fingerprint density at radius 2 is 1.88 bits per heavy atom. The number of likely N-dealkylation sites (N-methyl/N-ethyl adjacent to an activating group) is 1. The van der Waals surface area contributed by atoms with Crippen LogP contribution in [0.2, 0.25) is 0 Å². The zero-order valence-electron chi connectivity index (χ0n) is 14.8. The van der Waals surface area contributed by atoms with E-state index >= 15 is 0 Å². The van der Waals surface area contributed by atoms with E-state index in [2.05, 4.69) is 5.32 Å². The van der Waals surface area contributed by atoms with Gasteiger partial charge in [0, 0.05) is 38.7 Å². The van der Waals surface area contributed by atoms with E-state index in [1.54, 1.807) is 41.1 Å². The highest BCUT2D eigenvalue weighted by Gasteiger charge is 2.42. The Kier molecular flexibility index (Phi) is 5.06. The first-order valence-electron chi connectivity index (χ1n) is 8.78. The van der Waals surface area contributed by atoms with Crippen LogP contribution in [0.1, 0.15) is 29.6 Å². The summed E-state index contributed by atoms with van der Waals surface area (Å²) in [6, 6.07) is 9.02. The van der Waals surface area contributed by atoms with Crippen LogP contribution in [0, 0.1) is 11.8 Å². The van der Waals surface area contributed by atoms with Crippen molar-refractivity contribution in [3.63, 3.8) is 0 Å². The maximum atomic E-state index is 12.4. The highest BCUT2D eigenvalue weighted by atomic mass is 16.2. The molecule has 6 heteroatoms. The maximum absolute atomic E-state index is 12.4. The molecule has 1 aromatic carbocycles. The van der Waals surface area contributed by atoms with Crippen LogP contribution in [0.3, 0.4) is 0 Å². The third kappa shape index (κ3) is 3.83. The molecule has 3 amide bonds. The van der Waals surface area contributed by atoms with Gasteiger partial charge < -0.3 is 15.1 Å². The Morgan fingerprint density at radius 1 is 1.20 bits per heavy atom. The number of benzene rings is 1. The van der Waals surface area contributed by atoms with E-state index in [9.17, 15) is 14.4 Å². The molecule has 1 heterocycles. The van der Waals surface area contributed by atoms with Crippen LogP contribution >= 0.6 is 0 Å². The molecule has 2 aliphatic rings. The molecule has 134 valence electrons. The van der Waals surface area contributed by atoms with Crippen molar-refractivity contribution in [1.29, 1.82) is 0 Å². The van der Waals surface area contributed by atoms with Gasteiger partial charge in [-0.25, -0.2) is 0 Å².